The van der Waals surface area contributed by atoms with Crippen molar-refractivity contribution >= 4 is 44.8 Å². The van der Waals surface area contributed by atoms with E-state index in [0.29, 0.717) is 33.7 Å². The summed E-state index contributed by atoms with van der Waals surface area (Å²) in [6, 6.07) is 14.0. The highest BCUT2D eigenvalue weighted by atomic mass is 79.9. The molecule has 0 saturated carbocycles. The molecule has 0 aromatic heterocycles. The number of ether oxygens (including phenoxy) is 2. The Morgan fingerprint density at radius 3 is 2.52 bits per heavy atom. The molecule has 0 spiro atoms. The van der Waals surface area contributed by atoms with E-state index in [-0.39, 0.29) is 6.61 Å². The first-order valence-electron chi connectivity index (χ1n) is 8.81. The minimum absolute atomic E-state index is 0.0261. The molecular formula is C22H19BrCl2FNO2. The molecule has 29 heavy (non-hydrogen) atoms. The molecule has 7 heteroatoms. The standard InChI is InChI=1S/C22H19BrCl2FNO2/c1-13-6-7-14(10-19(13)25)27-11-15-17(23)8-9-21(28-2)22(15)29-12-16-18(24)4-3-5-20(16)26/h3-10,27H,11-12H2,1-2H3. The minimum atomic E-state index is -0.416. The van der Waals surface area contributed by atoms with Gasteiger partial charge < -0.3 is 14.8 Å². The lowest BCUT2D eigenvalue weighted by Gasteiger charge is -2.18. The van der Waals surface area contributed by atoms with Gasteiger partial charge in [-0.15, -0.1) is 0 Å². The number of hydrogen-bond donors (Lipinski definition) is 1. The van der Waals surface area contributed by atoms with E-state index in [4.69, 9.17) is 32.7 Å². The Morgan fingerprint density at radius 1 is 1.03 bits per heavy atom. The molecule has 0 radical (unpaired) electrons. The molecular weight excluding hydrogens is 480 g/mol. The molecule has 0 aliphatic carbocycles. The highest BCUT2D eigenvalue weighted by Gasteiger charge is 2.17. The van der Waals surface area contributed by atoms with Crippen molar-refractivity contribution in [3.63, 3.8) is 0 Å². The Labute approximate surface area is 187 Å². The third-order valence-electron chi connectivity index (χ3n) is 4.45. The van der Waals surface area contributed by atoms with Gasteiger partial charge in [0.1, 0.15) is 12.4 Å². The fourth-order valence-electron chi connectivity index (χ4n) is 2.77. The molecule has 3 aromatic rings. The molecule has 152 valence electrons. The Morgan fingerprint density at radius 2 is 1.83 bits per heavy atom. The van der Waals surface area contributed by atoms with Crippen LogP contribution in [0.3, 0.4) is 0 Å². The highest BCUT2D eigenvalue weighted by Crippen LogP contribution is 2.38. The highest BCUT2D eigenvalue weighted by molar-refractivity contribution is 9.10. The Bertz CT molecular complexity index is 1010. The zero-order chi connectivity index (χ0) is 21.0. The summed E-state index contributed by atoms with van der Waals surface area (Å²) in [5.41, 5.74) is 3.00. The Balaban J connectivity index is 1.87. The van der Waals surface area contributed by atoms with Crippen molar-refractivity contribution in [2.75, 3.05) is 12.4 Å². The van der Waals surface area contributed by atoms with Crippen molar-refractivity contribution < 1.29 is 13.9 Å². The van der Waals surface area contributed by atoms with Gasteiger partial charge in [0.25, 0.3) is 0 Å². The average molecular weight is 499 g/mol. The first-order valence-corrected chi connectivity index (χ1v) is 10.4. The van der Waals surface area contributed by atoms with Crippen molar-refractivity contribution in [3.05, 3.63) is 85.6 Å². The second-order valence-corrected chi connectivity index (χ2v) is 8.03. The van der Waals surface area contributed by atoms with Gasteiger partial charge in [0.05, 0.1) is 12.1 Å². The molecule has 0 bridgehead atoms. The van der Waals surface area contributed by atoms with Crippen molar-refractivity contribution in [3.8, 4) is 11.5 Å². The minimum Gasteiger partial charge on any atom is -0.493 e. The number of methoxy groups -OCH3 is 1. The molecule has 0 fully saturated rings. The van der Waals surface area contributed by atoms with Crippen molar-refractivity contribution in [1.82, 2.24) is 0 Å². The smallest absolute Gasteiger partial charge is 0.167 e. The third kappa shape index (κ3) is 5.16. The van der Waals surface area contributed by atoms with Crippen LogP contribution in [0.25, 0.3) is 0 Å². The summed E-state index contributed by atoms with van der Waals surface area (Å²) in [5, 5.41) is 4.33. The Hall–Kier alpha value is -1.95. The molecule has 0 unspecified atom stereocenters. The van der Waals surface area contributed by atoms with E-state index in [9.17, 15) is 4.39 Å². The SMILES string of the molecule is COc1ccc(Br)c(CNc2ccc(C)c(Cl)c2)c1OCc1c(F)cccc1Cl. The summed E-state index contributed by atoms with van der Waals surface area (Å²) in [7, 11) is 1.56. The number of hydrogen-bond acceptors (Lipinski definition) is 3. The summed E-state index contributed by atoms with van der Waals surface area (Å²) in [5.74, 6) is 0.631. The zero-order valence-electron chi connectivity index (χ0n) is 15.9. The van der Waals surface area contributed by atoms with Crippen LogP contribution in [-0.2, 0) is 13.2 Å². The van der Waals surface area contributed by atoms with Crippen LogP contribution in [0.4, 0.5) is 10.1 Å². The fourth-order valence-corrected chi connectivity index (χ4v) is 3.62. The molecule has 3 aromatic carbocycles. The number of nitrogens with one attached hydrogen (secondary N) is 1. The van der Waals surface area contributed by atoms with Crippen molar-refractivity contribution in [2.24, 2.45) is 0 Å². The van der Waals surface area contributed by atoms with Crippen LogP contribution < -0.4 is 14.8 Å². The largest absolute Gasteiger partial charge is 0.493 e. The van der Waals surface area contributed by atoms with Gasteiger partial charge >= 0.3 is 0 Å². The number of aryl methyl sites for hydroxylation is 1. The predicted octanol–water partition coefficient (Wildman–Crippen LogP) is 7.40. The summed E-state index contributed by atoms with van der Waals surface area (Å²) < 4.78 is 26.4. The van der Waals surface area contributed by atoms with Gasteiger partial charge in [0.15, 0.2) is 11.5 Å². The van der Waals surface area contributed by atoms with E-state index in [1.165, 1.54) is 6.07 Å². The molecule has 0 aliphatic rings. The maximum atomic E-state index is 14.1. The number of benzene rings is 3. The van der Waals surface area contributed by atoms with E-state index in [1.54, 1.807) is 25.3 Å². The number of halogens is 4. The van der Waals surface area contributed by atoms with E-state index < -0.39 is 5.82 Å². The van der Waals surface area contributed by atoms with E-state index in [1.807, 2.05) is 31.2 Å². The topological polar surface area (TPSA) is 30.5 Å². The maximum absolute atomic E-state index is 14.1. The lowest BCUT2D eigenvalue weighted by atomic mass is 10.1. The summed E-state index contributed by atoms with van der Waals surface area (Å²) >= 11 is 15.9. The summed E-state index contributed by atoms with van der Waals surface area (Å²) in [4.78, 5) is 0. The van der Waals surface area contributed by atoms with E-state index in [0.717, 1.165) is 21.3 Å². The van der Waals surface area contributed by atoms with Crippen LogP contribution in [0.2, 0.25) is 10.0 Å². The van der Waals surface area contributed by atoms with Crippen LogP contribution in [-0.4, -0.2) is 7.11 Å². The number of anilines is 1. The molecule has 0 amide bonds. The average Bonchev–Trinajstić information content (AvgIpc) is 2.69. The fraction of sp³-hybridized carbons (Fsp3) is 0.182. The van der Waals surface area contributed by atoms with Gasteiger partial charge in [-0.05, 0) is 48.9 Å². The van der Waals surface area contributed by atoms with Crippen molar-refractivity contribution in [1.29, 1.82) is 0 Å². The van der Waals surface area contributed by atoms with Gasteiger partial charge in [0.2, 0.25) is 0 Å². The molecule has 0 atom stereocenters. The van der Waals surface area contributed by atoms with Gasteiger partial charge in [-0.2, -0.15) is 0 Å². The lowest BCUT2D eigenvalue weighted by Crippen LogP contribution is -2.07. The molecule has 0 heterocycles. The first-order chi connectivity index (χ1) is 13.9. The second kappa shape index (κ2) is 9.70. The van der Waals surface area contributed by atoms with Crippen molar-refractivity contribution in [2.45, 2.75) is 20.1 Å². The van der Waals surface area contributed by atoms with E-state index in [2.05, 4.69) is 21.2 Å². The number of rotatable bonds is 7. The lowest BCUT2D eigenvalue weighted by molar-refractivity contribution is 0.277. The zero-order valence-corrected chi connectivity index (χ0v) is 19.0. The summed E-state index contributed by atoms with van der Waals surface area (Å²) in [6.07, 6.45) is 0. The Kier molecular flexibility index (Phi) is 7.28. The van der Waals surface area contributed by atoms with Gasteiger partial charge in [-0.1, -0.05) is 51.3 Å². The van der Waals surface area contributed by atoms with Crippen LogP contribution in [0, 0.1) is 12.7 Å². The van der Waals surface area contributed by atoms with Crippen LogP contribution >= 0.6 is 39.1 Å². The second-order valence-electron chi connectivity index (χ2n) is 6.36. The first kappa shape index (κ1) is 21.8. The normalized spacial score (nSPS) is 10.7. The molecule has 3 rings (SSSR count). The van der Waals surface area contributed by atoms with Gasteiger partial charge in [0, 0.05) is 32.9 Å². The summed E-state index contributed by atoms with van der Waals surface area (Å²) in [6.45, 7) is 2.36. The van der Waals surface area contributed by atoms with E-state index >= 15 is 0 Å². The van der Waals surface area contributed by atoms with Gasteiger partial charge in [-0.25, -0.2) is 4.39 Å². The monoisotopic (exact) mass is 497 g/mol. The maximum Gasteiger partial charge on any atom is 0.167 e. The van der Waals surface area contributed by atoms with Crippen LogP contribution in [0.5, 0.6) is 11.5 Å². The molecule has 0 saturated heterocycles. The predicted molar refractivity (Wildman–Crippen MR) is 120 cm³/mol. The van der Waals surface area contributed by atoms with Crippen LogP contribution in [0.15, 0.2) is 53.0 Å². The molecule has 0 aliphatic heterocycles. The quantitative estimate of drug-likeness (QED) is 0.368. The van der Waals surface area contributed by atoms with Gasteiger partial charge in [-0.3, -0.25) is 0 Å². The van der Waals surface area contributed by atoms with Crippen LogP contribution in [0.1, 0.15) is 16.7 Å². The third-order valence-corrected chi connectivity index (χ3v) is 5.96. The molecule has 1 N–H and O–H groups in total. The molecule has 3 nitrogen and oxygen atoms in total.